The molecule has 1 aliphatic heterocycles. The predicted molar refractivity (Wildman–Crippen MR) is 91.2 cm³/mol. The van der Waals surface area contributed by atoms with Crippen molar-refractivity contribution in [1.82, 2.24) is 20.2 Å². The van der Waals surface area contributed by atoms with Gasteiger partial charge in [0, 0.05) is 24.9 Å². The van der Waals surface area contributed by atoms with E-state index in [1.54, 1.807) is 19.1 Å². The van der Waals surface area contributed by atoms with Crippen LogP contribution in [0.25, 0.3) is 10.9 Å². The van der Waals surface area contributed by atoms with Crippen LogP contribution in [0.2, 0.25) is 5.15 Å². The Labute approximate surface area is 152 Å². The number of aromatic nitrogens is 2. The van der Waals surface area contributed by atoms with E-state index < -0.39 is 23.3 Å². The summed E-state index contributed by atoms with van der Waals surface area (Å²) < 4.78 is 26.9. The molecular formula is C17H17ClF2N4O2. The first-order valence-corrected chi connectivity index (χ1v) is 8.70. The number of hydrogen-bond donors (Lipinski definition) is 2. The van der Waals surface area contributed by atoms with Crippen LogP contribution < -0.4 is 5.32 Å². The van der Waals surface area contributed by atoms with Crippen molar-refractivity contribution in [2.75, 3.05) is 13.1 Å². The third-order valence-electron chi connectivity index (χ3n) is 5.31. The van der Waals surface area contributed by atoms with Gasteiger partial charge in [0.2, 0.25) is 5.91 Å². The van der Waals surface area contributed by atoms with Gasteiger partial charge in [-0.15, -0.1) is 0 Å². The molecule has 6 nitrogen and oxygen atoms in total. The van der Waals surface area contributed by atoms with E-state index in [9.17, 15) is 18.4 Å². The van der Waals surface area contributed by atoms with Gasteiger partial charge in [0.1, 0.15) is 16.9 Å². The molecule has 3 heterocycles. The number of likely N-dealkylation sites (tertiary alicyclic amines) is 1. The number of amides is 2. The van der Waals surface area contributed by atoms with E-state index in [1.807, 2.05) is 0 Å². The molecule has 0 bridgehead atoms. The molecular weight excluding hydrogens is 366 g/mol. The Kier molecular flexibility index (Phi) is 3.73. The zero-order valence-corrected chi connectivity index (χ0v) is 14.7. The average Bonchev–Trinajstić information content (AvgIpc) is 2.96. The minimum atomic E-state index is -2.67. The van der Waals surface area contributed by atoms with E-state index in [2.05, 4.69) is 15.3 Å². The number of rotatable bonds is 3. The molecule has 2 atom stereocenters. The molecule has 2 aliphatic rings. The molecule has 138 valence electrons. The summed E-state index contributed by atoms with van der Waals surface area (Å²) in [6.45, 7) is 1.90. The van der Waals surface area contributed by atoms with Crippen LogP contribution in [0.5, 0.6) is 0 Å². The Morgan fingerprint density at radius 1 is 1.42 bits per heavy atom. The molecule has 1 spiro atoms. The maximum absolute atomic E-state index is 13.5. The van der Waals surface area contributed by atoms with Crippen molar-refractivity contribution in [3.63, 3.8) is 0 Å². The maximum atomic E-state index is 13.5. The summed E-state index contributed by atoms with van der Waals surface area (Å²) in [7, 11) is 0. The van der Waals surface area contributed by atoms with Crippen LogP contribution in [0.4, 0.5) is 8.78 Å². The van der Waals surface area contributed by atoms with Gasteiger partial charge in [0.05, 0.1) is 17.1 Å². The highest BCUT2D eigenvalue weighted by atomic mass is 35.5. The molecule has 9 heteroatoms. The Morgan fingerprint density at radius 2 is 2.15 bits per heavy atom. The monoisotopic (exact) mass is 382 g/mol. The molecule has 4 rings (SSSR count). The minimum Gasteiger partial charge on any atom is -0.349 e. The van der Waals surface area contributed by atoms with E-state index in [0.717, 1.165) is 5.39 Å². The number of halogens is 3. The summed E-state index contributed by atoms with van der Waals surface area (Å²) in [6, 6.07) is 2.43. The molecule has 0 aromatic carbocycles. The molecule has 0 unspecified atom stereocenters. The van der Waals surface area contributed by atoms with Gasteiger partial charge in [-0.05, 0) is 25.5 Å². The zero-order chi connectivity index (χ0) is 18.7. The lowest BCUT2D eigenvalue weighted by atomic mass is 10.1. The summed E-state index contributed by atoms with van der Waals surface area (Å²) in [5.74, 6) is -3.48. The molecule has 1 saturated heterocycles. The van der Waals surface area contributed by atoms with Crippen LogP contribution in [0, 0.1) is 5.41 Å². The number of nitrogens with one attached hydrogen (secondary N) is 2. The smallest absolute Gasteiger partial charge is 0.268 e. The van der Waals surface area contributed by atoms with Crippen LogP contribution in [0.15, 0.2) is 18.3 Å². The van der Waals surface area contributed by atoms with Crippen LogP contribution >= 0.6 is 11.6 Å². The molecule has 2 fully saturated rings. The fourth-order valence-electron chi connectivity index (χ4n) is 3.62. The van der Waals surface area contributed by atoms with Crippen molar-refractivity contribution < 1.29 is 18.4 Å². The summed E-state index contributed by atoms with van der Waals surface area (Å²) in [5.41, 5.74) is -0.123. The Hall–Kier alpha value is -2.22. The van der Waals surface area contributed by atoms with Crippen molar-refractivity contribution in [2.45, 2.75) is 31.7 Å². The topological polar surface area (TPSA) is 78.1 Å². The van der Waals surface area contributed by atoms with Crippen LogP contribution in [0.3, 0.4) is 0 Å². The van der Waals surface area contributed by atoms with E-state index in [0.29, 0.717) is 23.6 Å². The lowest BCUT2D eigenvalue weighted by Crippen LogP contribution is -2.46. The molecule has 26 heavy (non-hydrogen) atoms. The van der Waals surface area contributed by atoms with Crippen LogP contribution in [-0.4, -0.2) is 51.7 Å². The number of aromatic amines is 1. The predicted octanol–water partition coefficient (Wildman–Crippen LogP) is 2.59. The summed E-state index contributed by atoms with van der Waals surface area (Å²) >= 11 is 5.83. The molecule has 1 saturated carbocycles. The van der Waals surface area contributed by atoms with E-state index in [1.165, 1.54) is 11.1 Å². The van der Waals surface area contributed by atoms with Crippen molar-refractivity contribution in [2.24, 2.45) is 5.41 Å². The first-order chi connectivity index (χ1) is 12.2. The van der Waals surface area contributed by atoms with E-state index >= 15 is 0 Å². The van der Waals surface area contributed by atoms with Crippen molar-refractivity contribution in [3.05, 3.63) is 29.2 Å². The number of carbonyl (C=O) groups is 2. The van der Waals surface area contributed by atoms with E-state index in [4.69, 9.17) is 11.6 Å². The Morgan fingerprint density at radius 3 is 2.81 bits per heavy atom. The second-order valence-electron chi connectivity index (χ2n) is 7.14. The third kappa shape index (κ3) is 2.72. The molecule has 2 aromatic rings. The second kappa shape index (κ2) is 5.64. The summed E-state index contributed by atoms with van der Waals surface area (Å²) in [4.78, 5) is 33.1. The lowest BCUT2D eigenvalue weighted by molar-refractivity contribution is -0.132. The lowest BCUT2D eigenvalue weighted by Gasteiger charge is -2.21. The van der Waals surface area contributed by atoms with Gasteiger partial charge >= 0.3 is 0 Å². The van der Waals surface area contributed by atoms with Crippen molar-refractivity contribution >= 4 is 34.3 Å². The first-order valence-electron chi connectivity index (χ1n) is 8.33. The Bertz CT molecular complexity index is 915. The number of nitrogens with zero attached hydrogens (tertiary/aromatic N) is 2. The molecule has 2 amide bonds. The fraction of sp³-hybridized carbons (Fsp3) is 0.471. The number of fused-ring (bicyclic) bond motifs is 1. The minimum absolute atomic E-state index is 0.0512. The van der Waals surface area contributed by atoms with Gasteiger partial charge in [-0.1, -0.05) is 11.6 Å². The Balaban J connectivity index is 1.41. The van der Waals surface area contributed by atoms with Gasteiger partial charge in [-0.25, -0.2) is 13.8 Å². The quantitative estimate of drug-likeness (QED) is 0.801. The van der Waals surface area contributed by atoms with Crippen LogP contribution in [-0.2, 0) is 4.79 Å². The summed E-state index contributed by atoms with van der Waals surface area (Å²) in [5, 5.41) is 3.65. The normalized spacial score (nSPS) is 24.8. The molecule has 0 radical (unpaired) electrons. The molecule has 2 aromatic heterocycles. The summed E-state index contributed by atoms with van der Waals surface area (Å²) in [6.07, 6.45) is 1.67. The maximum Gasteiger partial charge on any atom is 0.268 e. The fourth-order valence-corrected chi connectivity index (χ4v) is 3.79. The third-order valence-corrected chi connectivity index (χ3v) is 5.52. The highest BCUT2D eigenvalue weighted by molar-refractivity contribution is 6.30. The van der Waals surface area contributed by atoms with Gasteiger partial charge in [0.25, 0.3) is 11.8 Å². The number of alkyl halides is 2. The zero-order valence-electron chi connectivity index (χ0n) is 14.0. The average molecular weight is 383 g/mol. The van der Waals surface area contributed by atoms with Gasteiger partial charge in [-0.3, -0.25) is 9.59 Å². The SMILES string of the molecule is C[C@H](NC(=O)c1cc2cc(Cl)ncc2[nH]1)C(=O)N1CC[C@]2(C1)CC2(F)F. The highest BCUT2D eigenvalue weighted by Gasteiger charge is 2.73. The molecule has 1 aliphatic carbocycles. The van der Waals surface area contributed by atoms with Crippen LogP contribution in [0.1, 0.15) is 30.3 Å². The molecule has 2 N–H and O–H groups in total. The van der Waals surface area contributed by atoms with Gasteiger partial charge < -0.3 is 15.2 Å². The van der Waals surface area contributed by atoms with Gasteiger partial charge in [0.15, 0.2) is 0 Å². The van der Waals surface area contributed by atoms with Crippen molar-refractivity contribution in [3.8, 4) is 0 Å². The highest BCUT2D eigenvalue weighted by Crippen LogP contribution is 2.65. The van der Waals surface area contributed by atoms with E-state index in [-0.39, 0.29) is 24.6 Å². The first kappa shape index (κ1) is 17.2. The van der Waals surface area contributed by atoms with Crippen molar-refractivity contribution in [1.29, 1.82) is 0 Å². The number of H-pyrrole nitrogens is 1. The second-order valence-corrected chi connectivity index (χ2v) is 7.53. The largest absolute Gasteiger partial charge is 0.349 e. The number of carbonyl (C=O) groups excluding carboxylic acids is 2. The number of hydrogen-bond acceptors (Lipinski definition) is 3. The number of pyridine rings is 1. The standard InChI is InChI=1S/C17H17ClF2N4O2/c1-9(15(26)24-3-2-16(8-24)7-17(16,19)20)22-14(25)11-4-10-5-13(18)21-6-12(10)23-11/h4-6,9,23H,2-3,7-8H2,1H3,(H,22,25)/t9-,16+/m0/s1. The van der Waals surface area contributed by atoms with Gasteiger partial charge in [-0.2, -0.15) is 0 Å².